The number of methoxy groups -OCH3 is 1. The molecule has 2 atom stereocenters. The molecule has 0 saturated carbocycles. The van der Waals surface area contributed by atoms with Gasteiger partial charge in [0.2, 0.25) is 0 Å². The number of ether oxygens (including phenoxy) is 2. The van der Waals surface area contributed by atoms with Crippen molar-refractivity contribution in [1.29, 1.82) is 0 Å². The van der Waals surface area contributed by atoms with E-state index in [2.05, 4.69) is 17.9 Å². The van der Waals surface area contributed by atoms with Crippen molar-refractivity contribution in [2.75, 3.05) is 33.4 Å². The zero-order valence-electron chi connectivity index (χ0n) is 13.2. The molecular formula is C17H23NO4. The first-order valence-corrected chi connectivity index (χ1v) is 7.72. The first kappa shape index (κ1) is 15.3. The van der Waals surface area contributed by atoms with Crippen LogP contribution in [0.3, 0.4) is 0 Å². The molecular weight excluding hydrogens is 282 g/mol. The van der Waals surface area contributed by atoms with Crippen LogP contribution in [0.4, 0.5) is 0 Å². The predicted octanol–water partition coefficient (Wildman–Crippen LogP) is 1.93. The summed E-state index contributed by atoms with van der Waals surface area (Å²) >= 11 is 0. The third-order valence-electron chi connectivity index (χ3n) is 5.11. The number of aliphatic carboxylic acids is 1. The van der Waals surface area contributed by atoms with Crippen LogP contribution in [-0.4, -0.2) is 49.4 Å². The lowest BCUT2D eigenvalue weighted by atomic mass is 9.76. The molecule has 2 heterocycles. The number of nitrogens with zero attached hydrogens (tertiary/aromatic N) is 1. The van der Waals surface area contributed by atoms with Crippen LogP contribution < -0.4 is 4.74 Å². The van der Waals surface area contributed by atoms with Gasteiger partial charge in [-0.1, -0.05) is 6.07 Å². The monoisotopic (exact) mass is 305 g/mol. The highest BCUT2D eigenvalue weighted by atomic mass is 16.5. The third-order valence-corrected chi connectivity index (χ3v) is 5.11. The summed E-state index contributed by atoms with van der Waals surface area (Å²) in [5, 5.41) is 9.68. The third kappa shape index (κ3) is 2.59. The van der Waals surface area contributed by atoms with E-state index in [4.69, 9.17) is 9.47 Å². The van der Waals surface area contributed by atoms with Crippen molar-refractivity contribution in [2.45, 2.75) is 19.9 Å². The van der Waals surface area contributed by atoms with Gasteiger partial charge in [0.25, 0.3) is 0 Å². The summed E-state index contributed by atoms with van der Waals surface area (Å²) in [4.78, 5) is 14.0. The van der Waals surface area contributed by atoms with Crippen molar-refractivity contribution >= 4 is 5.97 Å². The van der Waals surface area contributed by atoms with E-state index in [1.54, 1.807) is 7.11 Å². The number of rotatable bonds is 4. The SMILES string of the molecule is COc1ccc(CN2C[C@@H]3CCOC[C@]3(C(=O)O)C2)c(C)c1. The van der Waals surface area contributed by atoms with Crippen molar-refractivity contribution in [1.82, 2.24) is 4.90 Å². The van der Waals surface area contributed by atoms with Gasteiger partial charge in [-0.05, 0) is 42.5 Å². The Bertz CT molecular complexity index is 574. The molecule has 0 aromatic heterocycles. The normalized spacial score (nSPS) is 28.4. The quantitative estimate of drug-likeness (QED) is 0.921. The number of aryl methyl sites for hydroxylation is 1. The van der Waals surface area contributed by atoms with Gasteiger partial charge in [-0.15, -0.1) is 0 Å². The van der Waals surface area contributed by atoms with Crippen molar-refractivity contribution in [3.8, 4) is 5.75 Å². The fourth-order valence-electron chi connectivity index (χ4n) is 3.73. The number of hydrogen-bond acceptors (Lipinski definition) is 4. The van der Waals surface area contributed by atoms with E-state index < -0.39 is 11.4 Å². The van der Waals surface area contributed by atoms with E-state index >= 15 is 0 Å². The van der Waals surface area contributed by atoms with E-state index in [0.717, 1.165) is 25.3 Å². The molecule has 120 valence electrons. The minimum Gasteiger partial charge on any atom is -0.497 e. The first-order chi connectivity index (χ1) is 10.5. The molecule has 0 spiro atoms. The van der Waals surface area contributed by atoms with Gasteiger partial charge in [-0.2, -0.15) is 0 Å². The van der Waals surface area contributed by atoms with Crippen LogP contribution in [0.25, 0.3) is 0 Å². The van der Waals surface area contributed by atoms with E-state index in [-0.39, 0.29) is 5.92 Å². The van der Waals surface area contributed by atoms with Gasteiger partial charge >= 0.3 is 5.97 Å². The second-order valence-electron chi connectivity index (χ2n) is 6.46. The second kappa shape index (κ2) is 5.89. The molecule has 2 aliphatic heterocycles. The summed E-state index contributed by atoms with van der Waals surface area (Å²) in [6.45, 7) is 5.26. The van der Waals surface area contributed by atoms with Gasteiger partial charge in [0.1, 0.15) is 11.2 Å². The maximum absolute atomic E-state index is 11.8. The van der Waals surface area contributed by atoms with Crippen LogP contribution in [0.1, 0.15) is 17.5 Å². The number of carbonyl (C=O) groups is 1. The zero-order chi connectivity index (χ0) is 15.7. The summed E-state index contributed by atoms with van der Waals surface area (Å²) in [5.41, 5.74) is 1.68. The maximum Gasteiger partial charge on any atom is 0.313 e. The average molecular weight is 305 g/mol. The number of carboxylic acids is 1. The highest BCUT2D eigenvalue weighted by Gasteiger charge is 2.53. The minimum absolute atomic E-state index is 0.192. The topological polar surface area (TPSA) is 59.0 Å². The summed E-state index contributed by atoms with van der Waals surface area (Å²) in [6.07, 6.45) is 0.838. The molecule has 2 aliphatic rings. The van der Waals surface area contributed by atoms with Gasteiger partial charge in [0.05, 0.1) is 13.7 Å². The average Bonchev–Trinajstić information content (AvgIpc) is 2.88. The number of likely N-dealkylation sites (tertiary alicyclic amines) is 1. The van der Waals surface area contributed by atoms with Crippen LogP contribution in [0.2, 0.25) is 0 Å². The zero-order valence-corrected chi connectivity index (χ0v) is 13.2. The summed E-state index contributed by atoms with van der Waals surface area (Å²) in [6, 6.07) is 6.05. The molecule has 22 heavy (non-hydrogen) atoms. The molecule has 1 N–H and O–H groups in total. The lowest BCUT2D eigenvalue weighted by Crippen LogP contribution is -2.46. The van der Waals surface area contributed by atoms with Crippen LogP contribution in [0.5, 0.6) is 5.75 Å². The predicted molar refractivity (Wildman–Crippen MR) is 82.0 cm³/mol. The van der Waals surface area contributed by atoms with Crippen molar-refractivity contribution in [3.63, 3.8) is 0 Å². The Hall–Kier alpha value is -1.59. The Morgan fingerprint density at radius 3 is 3.00 bits per heavy atom. The van der Waals surface area contributed by atoms with Gasteiger partial charge in [0, 0.05) is 26.2 Å². The van der Waals surface area contributed by atoms with Gasteiger partial charge < -0.3 is 14.6 Å². The summed E-state index contributed by atoms with van der Waals surface area (Å²) in [7, 11) is 1.66. The molecule has 3 rings (SSSR count). The molecule has 0 radical (unpaired) electrons. The standard InChI is InChI=1S/C17H23NO4/c1-12-7-15(21-2)4-3-13(12)8-18-9-14-5-6-22-11-17(14,10-18)16(19)20/h3-4,7,14H,5-6,8-11H2,1-2H3,(H,19,20)/t14-,17+/m0/s1. The Labute approximate surface area is 130 Å². The molecule has 1 aromatic carbocycles. The molecule has 0 aliphatic carbocycles. The number of fused-ring (bicyclic) bond motifs is 1. The molecule has 0 amide bonds. The van der Waals surface area contributed by atoms with Crippen molar-refractivity contribution < 1.29 is 19.4 Å². The van der Waals surface area contributed by atoms with Crippen LogP contribution in [-0.2, 0) is 16.1 Å². The number of benzene rings is 1. The van der Waals surface area contributed by atoms with Gasteiger partial charge in [0.15, 0.2) is 0 Å². The molecule has 1 aromatic rings. The number of hydrogen-bond donors (Lipinski definition) is 1. The van der Waals surface area contributed by atoms with E-state index in [0.29, 0.717) is 19.8 Å². The Balaban J connectivity index is 1.76. The first-order valence-electron chi connectivity index (χ1n) is 7.72. The fourth-order valence-corrected chi connectivity index (χ4v) is 3.73. The minimum atomic E-state index is -0.724. The fraction of sp³-hybridized carbons (Fsp3) is 0.588. The Morgan fingerprint density at radius 2 is 2.36 bits per heavy atom. The van der Waals surface area contributed by atoms with Crippen LogP contribution >= 0.6 is 0 Å². The lowest BCUT2D eigenvalue weighted by Gasteiger charge is -2.34. The van der Waals surface area contributed by atoms with Crippen molar-refractivity contribution in [3.05, 3.63) is 29.3 Å². The highest BCUT2D eigenvalue weighted by molar-refractivity contribution is 5.76. The molecule has 0 unspecified atom stereocenters. The largest absolute Gasteiger partial charge is 0.497 e. The highest BCUT2D eigenvalue weighted by Crippen LogP contribution is 2.42. The van der Waals surface area contributed by atoms with Crippen LogP contribution in [0.15, 0.2) is 18.2 Å². The molecule has 5 nitrogen and oxygen atoms in total. The van der Waals surface area contributed by atoms with E-state index in [1.165, 1.54) is 11.1 Å². The Kier molecular flexibility index (Phi) is 4.10. The smallest absolute Gasteiger partial charge is 0.313 e. The van der Waals surface area contributed by atoms with E-state index in [1.807, 2.05) is 12.1 Å². The van der Waals surface area contributed by atoms with Gasteiger partial charge in [-0.25, -0.2) is 0 Å². The summed E-state index contributed by atoms with van der Waals surface area (Å²) < 4.78 is 10.7. The van der Waals surface area contributed by atoms with Crippen LogP contribution in [0, 0.1) is 18.3 Å². The van der Waals surface area contributed by atoms with Gasteiger partial charge in [-0.3, -0.25) is 9.69 Å². The number of carboxylic acid groups (broad SMARTS) is 1. The van der Waals surface area contributed by atoms with Crippen molar-refractivity contribution in [2.24, 2.45) is 11.3 Å². The Morgan fingerprint density at radius 1 is 1.55 bits per heavy atom. The second-order valence-corrected chi connectivity index (χ2v) is 6.46. The molecule has 0 bridgehead atoms. The maximum atomic E-state index is 11.8. The lowest BCUT2D eigenvalue weighted by molar-refractivity contribution is -0.159. The van der Waals surface area contributed by atoms with E-state index in [9.17, 15) is 9.90 Å². The molecule has 2 saturated heterocycles. The molecule has 5 heteroatoms. The summed E-state index contributed by atoms with van der Waals surface area (Å²) in [5.74, 6) is 0.329. The molecule has 2 fully saturated rings.